The van der Waals surface area contributed by atoms with Gasteiger partial charge >= 0.3 is 0 Å². The zero-order chi connectivity index (χ0) is 22.6. The van der Waals surface area contributed by atoms with Crippen molar-refractivity contribution >= 4 is 0 Å². The lowest BCUT2D eigenvalue weighted by Gasteiger charge is -2.35. The summed E-state index contributed by atoms with van der Waals surface area (Å²) in [6.45, 7) is 8.68. The van der Waals surface area contributed by atoms with E-state index in [0.717, 1.165) is 43.9 Å². The Morgan fingerprint density at radius 3 is 2.48 bits per heavy atom. The summed E-state index contributed by atoms with van der Waals surface area (Å²) in [6, 6.07) is 6.16. The van der Waals surface area contributed by atoms with Gasteiger partial charge in [-0.25, -0.2) is 0 Å². The topological polar surface area (TPSA) is 86.4 Å². The maximum absolute atomic E-state index is 10.7. The SMILES string of the molecule is COCCCOc1cc(C[C@H](CC[C@H](O)[C@@H](N)N2CCOCC2)C(C)C)ccc1OC. The Morgan fingerprint density at radius 2 is 1.84 bits per heavy atom. The largest absolute Gasteiger partial charge is 0.493 e. The Labute approximate surface area is 187 Å². The van der Waals surface area contributed by atoms with E-state index in [0.29, 0.717) is 44.7 Å². The maximum Gasteiger partial charge on any atom is 0.161 e. The Morgan fingerprint density at radius 1 is 1.10 bits per heavy atom. The number of nitrogens with zero attached hydrogens (tertiary/aromatic N) is 1. The molecule has 1 saturated heterocycles. The second-order valence-electron chi connectivity index (χ2n) is 8.67. The summed E-state index contributed by atoms with van der Waals surface area (Å²) in [6.07, 6.45) is 2.51. The minimum atomic E-state index is -0.533. The van der Waals surface area contributed by atoms with Crippen molar-refractivity contribution in [1.82, 2.24) is 4.90 Å². The van der Waals surface area contributed by atoms with Crippen LogP contribution in [0.3, 0.4) is 0 Å². The number of morpholine rings is 1. The molecule has 0 radical (unpaired) electrons. The molecule has 178 valence electrons. The van der Waals surface area contributed by atoms with Crippen LogP contribution < -0.4 is 15.2 Å². The third kappa shape index (κ3) is 8.58. The van der Waals surface area contributed by atoms with E-state index >= 15 is 0 Å². The predicted octanol–water partition coefficient (Wildman–Crippen LogP) is 2.68. The summed E-state index contributed by atoms with van der Waals surface area (Å²) in [5, 5.41) is 10.7. The van der Waals surface area contributed by atoms with Crippen molar-refractivity contribution in [3.05, 3.63) is 23.8 Å². The molecular formula is C24H42N2O5. The number of hydrogen-bond donors (Lipinski definition) is 2. The number of nitrogens with two attached hydrogens (primary N) is 1. The van der Waals surface area contributed by atoms with Gasteiger partial charge in [0.1, 0.15) is 0 Å². The molecule has 3 N–H and O–H groups in total. The van der Waals surface area contributed by atoms with E-state index in [-0.39, 0.29) is 6.17 Å². The monoisotopic (exact) mass is 438 g/mol. The van der Waals surface area contributed by atoms with Crippen LogP contribution in [0.1, 0.15) is 38.7 Å². The van der Waals surface area contributed by atoms with Crippen molar-refractivity contribution < 1.29 is 24.1 Å². The minimum Gasteiger partial charge on any atom is -0.493 e. The first kappa shape index (κ1) is 25.9. The zero-order valence-electron chi connectivity index (χ0n) is 19.7. The van der Waals surface area contributed by atoms with Gasteiger partial charge in [0.15, 0.2) is 11.5 Å². The van der Waals surface area contributed by atoms with Gasteiger partial charge in [-0.3, -0.25) is 4.90 Å². The first-order valence-electron chi connectivity index (χ1n) is 11.5. The van der Waals surface area contributed by atoms with E-state index in [1.165, 1.54) is 5.56 Å². The van der Waals surface area contributed by atoms with Crippen LogP contribution in [0.5, 0.6) is 11.5 Å². The molecule has 7 nitrogen and oxygen atoms in total. The number of benzene rings is 1. The van der Waals surface area contributed by atoms with E-state index < -0.39 is 6.10 Å². The fraction of sp³-hybridized carbons (Fsp3) is 0.750. The fourth-order valence-corrected chi connectivity index (χ4v) is 3.99. The van der Waals surface area contributed by atoms with Crippen LogP contribution in [0.25, 0.3) is 0 Å². The normalized spacial score (nSPS) is 18.0. The molecule has 0 spiro atoms. The van der Waals surface area contributed by atoms with E-state index in [1.54, 1.807) is 14.2 Å². The number of aliphatic hydroxyl groups excluding tert-OH is 1. The van der Waals surface area contributed by atoms with Crippen molar-refractivity contribution in [2.45, 2.75) is 51.8 Å². The standard InChI is InChI=1S/C24H42N2O5/c1-18(2)20(7-8-21(27)24(25)26-10-14-30-15-11-26)16-19-6-9-22(29-4)23(17-19)31-13-5-12-28-3/h6,9,17-18,20-21,24,27H,5,7-8,10-16,25H2,1-4H3/t20-,21-,24-/m0/s1. The van der Waals surface area contributed by atoms with E-state index in [1.807, 2.05) is 6.07 Å². The summed E-state index contributed by atoms with van der Waals surface area (Å²) in [5.74, 6) is 2.46. The quantitative estimate of drug-likeness (QED) is 0.432. The average Bonchev–Trinajstić information content (AvgIpc) is 2.79. The lowest BCUT2D eigenvalue weighted by atomic mass is 9.84. The average molecular weight is 439 g/mol. The summed E-state index contributed by atoms with van der Waals surface area (Å²) in [4.78, 5) is 2.12. The molecule has 1 aromatic carbocycles. The van der Waals surface area contributed by atoms with E-state index in [9.17, 15) is 5.11 Å². The van der Waals surface area contributed by atoms with Crippen LogP contribution in [0, 0.1) is 11.8 Å². The van der Waals surface area contributed by atoms with Crippen LogP contribution in [0.2, 0.25) is 0 Å². The Kier molecular flexibility index (Phi) is 11.6. The number of rotatable bonds is 14. The highest BCUT2D eigenvalue weighted by Gasteiger charge is 2.25. The molecule has 1 heterocycles. The molecule has 0 saturated carbocycles. The lowest BCUT2D eigenvalue weighted by molar-refractivity contribution is -0.0235. The molecule has 0 aromatic heterocycles. The van der Waals surface area contributed by atoms with Crippen molar-refractivity contribution in [2.24, 2.45) is 17.6 Å². The predicted molar refractivity (Wildman–Crippen MR) is 123 cm³/mol. The number of methoxy groups -OCH3 is 2. The van der Waals surface area contributed by atoms with Crippen molar-refractivity contribution in [1.29, 1.82) is 0 Å². The number of ether oxygens (including phenoxy) is 4. The van der Waals surface area contributed by atoms with Gasteiger partial charge in [-0.1, -0.05) is 19.9 Å². The first-order chi connectivity index (χ1) is 15.0. The van der Waals surface area contributed by atoms with Gasteiger partial charge < -0.3 is 29.8 Å². The summed E-state index contributed by atoms with van der Waals surface area (Å²) in [7, 11) is 3.35. The zero-order valence-corrected chi connectivity index (χ0v) is 19.7. The van der Waals surface area contributed by atoms with Gasteiger partial charge in [-0.15, -0.1) is 0 Å². The van der Waals surface area contributed by atoms with Gasteiger partial charge in [0, 0.05) is 33.2 Å². The Balaban J connectivity index is 1.93. The molecule has 0 amide bonds. The molecule has 0 unspecified atom stereocenters. The smallest absolute Gasteiger partial charge is 0.161 e. The number of hydrogen-bond acceptors (Lipinski definition) is 7. The third-order valence-electron chi connectivity index (χ3n) is 6.11. The summed E-state index contributed by atoms with van der Waals surface area (Å²) < 4.78 is 21.9. The highest BCUT2D eigenvalue weighted by molar-refractivity contribution is 5.43. The molecule has 0 aliphatic carbocycles. The molecule has 1 aromatic rings. The molecule has 31 heavy (non-hydrogen) atoms. The Hall–Kier alpha value is -1.38. The van der Waals surface area contributed by atoms with Gasteiger partial charge in [-0.05, 0) is 48.8 Å². The van der Waals surface area contributed by atoms with Crippen LogP contribution in [-0.2, 0) is 15.9 Å². The van der Waals surface area contributed by atoms with Crippen LogP contribution in [0.15, 0.2) is 18.2 Å². The highest BCUT2D eigenvalue weighted by atomic mass is 16.5. The molecule has 1 aliphatic rings. The molecule has 7 heteroatoms. The third-order valence-corrected chi connectivity index (χ3v) is 6.11. The fourth-order valence-electron chi connectivity index (χ4n) is 3.99. The molecule has 2 rings (SSSR count). The van der Waals surface area contributed by atoms with Gasteiger partial charge in [0.05, 0.1) is 39.2 Å². The minimum absolute atomic E-state index is 0.329. The van der Waals surface area contributed by atoms with Gasteiger partial charge in [-0.2, -0.15) is 0 Å². The second kappa shape index (κ2) is 13.9. The molecule has 1 aliphatic heterocycles. The van der Waals surface area contributed by atoms with Crippen molar-refractivity contribution in [2.75, 3.05) is 53.7 Å². The molecular weight excluding hydrogens is 396 g/mol. The summed E-state index contributed by atoms with van der Waals surface area (Å²) >= 11 is 0. The highest BCUT2D eigenvalue weighted by Crippen LogP contribution is 2.31. The van der Waals surface area contributed by atoms with Crippen molar-refractivity contribution in [3.63, 3.8) is 0 Å². The van der Waals surface area contributed by atoms with Crippen molar-refractivity contribution in [3.8, 4) is 11.5 Å². The molecule has 1 fully saturated rings. The van der Waals surface area contributed by atoms with Crippen LogP contribution in [-0.4, -0.2) is 76.0 Å². The van der Waals surface area contributed by atoms with Gasteiger partial charge in [0.25, 0.3) is 0 Å². The summed E-state index contributed by atoms with van der Waals surface area (Å²) in [5.41, 5.74) is 7.52. The maximum atomic E-state index is 10.7. The molecule has 3 atom stereocenters. The van der Waals surface area contributed by atoms with E-state index in [2.05, 4.69) is 30.9 Å². The van der Waals surface area contributed by atoms with E-state index in [4.69, 9.17) is 24.7 Å². The Bertz CT molecular complexity index is 622. The molecule has 0 bridgehead atoms. The lowest BCUT2D eigenvalue weighted by Crippen LogP contribution is -2.54. The first-order valence-corrected chi connectivity index (χ1v) is 11.5. The van der Waals surface area contributed by atoms with Gasteiger partial charge in [0.2, 0.25) is 0 Å². The number of aliphatic hydroxyl groups is 1. The second-order valence-corrected chi connectivity index (χ2v) is 8.67. The van der Waals surface area contributed by atoms with Crippen LogP contribution >= 0.6 is 0 Å². The van der Waals surface area contributed by atoms with Crippen LogP contribution in [0.4, 0.5) is 0 Å².